The first-order valence-electron chi connectivity index (χ1n) is 5.95. The van der Waals surface area contributed by atoms with Crippen LogP contribution >= 0.6 is 0 Å². The quantitative estimate of drug-likeness (QED) is 0.612. The van der Waals surface area contributed by atoms with Crippen molar-refractivity contribution in [1.82, 2.24) is 5.43 Å². The maximum absolute atomic E-state index is 5.69. The molecule has 0 spiro atoms. The van der Waals surface area contributed by atoms with Gasteiger partial charge in [-0.25, -0.2) is 0 Å². The van der Waals surface area contributed by atoms with E-state index in [-0.39, 0.29) is 12.1 Å². The van der Waals surface area contributed by atoms with Crippen LogP contribution < -0.4 is 11.3 Å². The summed E-state index contributed by atoms with van der Waals surface area (Å²) < 4.78 is 11.1. The van der Waals surface area contributed by atoms with Crippen LogP contribution in [0, 0.1) is 13.8 Å². The number of hydrazine groups is 1. The minimum absolute atomic E-state index is 0.0177. The second kappa shape index (κ2) is 5.60. The molecular formula is C13H20N2O2. The van der Waals surface area contributed by atoms with Crippen molar-refractivity contribution < 1.29 is 9.47 Å². The van der Waals surface area contributed by atoms with Crippen molar-refractivity contribution in [2.75, 3.05) is 19.8 Å². The average Bonchev–Trinajstić information content (AvgIpc) is 2.36. The van der Waals surface area contributed by atoms with E-state index in [1.54, 1.807) is 0 Å². The normalized spacial score (nSPS) is 22.4. The maximum atomic E-state index is 5.69. The molecule has 0 aromatic heterocycles. The van der Waals surface area contributed by atoms with Crippen molar-refractivity contribution in [3.05, 3.63) is 34.9 Å². The Kier molecular flexibility index (Phi) is 4.12. The lowest BCUT2D eigenvalue weighted by molar-refractivity contribution is -0.102. The summed E-state index contributed by atoms with van der Waals surface area (Å²) in [7, 11) is 0. The number of ether oxygens (including phenoxy) is 2. The van der Waals surface area contributed by atoms with Crippen LogP contribution in [0.5, 0.6) is 0 Å². The van der Waals surface area contributed by atoms with Crippen molar-refractivity contribution in [2.24, 2.45) is 5.84 Å². The summed E-state index contributed by atoms with van der Waals surface area (Å²) in [6.45, 7) is 6.09. The second-order valence-corrected chi connectivity index (χ2v) is 4.47. The number of benzene rings is 1. The third-order valence-electron chi connectivity index (χ3n) is 3.28. The van der Waals surface area contributed by atoms with Crippen LogP contribution in [0.4, 0.5) is 0 Å². The first-order chi connectivity index (χ1) is 8.22. The van der Waals surface area contributed by atoms with E-state index in [1.807, 2.05) is 0 Å². The van der Waals surface area contributed by atoms with Gasteiger partial charge >= 0.3 is 0 Å². The first kappa shape index (κ1) is 12.5. The standard InChI is InChI=1S/C13H20N2O2/c1-9-3-4-11(7-10(9)2)13(15-14)12-8-16-5-6-17-12/h3-4,7,12-13,15H,5-6,8,14H2,1-2H3. The predicted octanol–water partition coefficient (Wildman–Crippen LogP) is 1.22. The number of hydrogen-bond acceptors (Lipinski definition) is 4. The van der Waals surface area contributed by atoms with Crippen LogP contribution in [0.1, 0.15) is 22.7 Å². The second-order valence-electron chi connectivity index (χ2n) is 4.47. The molecule has 2 rings (SSSR count). The summed E-state index contributed by atoms with van der Waals surface area (Å²) in [6.07, 6.45) is -0.0177. The lowest BCUT2D eigenvalue weighted by Crippen LogP contribution is -2.43. The van der Waals surface area contributed by atoms with Gasteiger partial charge in [0.15, 0.2) is 0 Å². The van der Waals surface area contributed by atoms with Crippen molar-refractivity contribution >= 4 is 0 Å². The fourth-order valence-corrected chi connectivity index (χ4v) is 2.07. The van der Waals surface area contributed by atoms with Crippen molar-refractivity contribution in [2.45, 2.75) is 26.0 Å². The van der Waals surface area contributed by atoms with Gasteiger partial charge < -0.3 is 9.47 Å². The van der Waals surface area contributed by atoms with Crippen LogP contribution in [0.25, 0.3) is 0 Å². The number of hydrogen-bond donors (Lipinski definition) is 2. The first-order valence-corrected chi connectivity index (χ1v) is 5.95. The van der Waals surface area contributed by atoms with Gasteiger partial charge in [-0.3, -0.25) is 11.3 Å². The van der Waals surface area contributed by atoms with Gasteiger partial charge in [0.05, 0.1) is 25.9 Å². The zero-order valence-corrected chi connectivity index (χ0v) is 10.4. The van der Waals surface area contributed by atoms with Gasteiger partial charge in [-0.2, -0.15) is 0 Å². The minimum atomic E-state index is -0.0189. The van der Waals surface area contributed by atoms with Crippen molar-refractivity contribution in [3.63, 3.8) is 0 Å². The summed E-state index contributed by atoms with van der Waals surface area (Å²) in [4.78, 5) is 0. The van der Waals surface area contributed by atoms with E-state index in [9.17, 15) is 0 Å². The molecule has 1 aliphatic rings. The number of nitrogens with one attached hydrogen (secondary N) is 1. The Bertz CT molecular complexity index is 376. The van der Waals surface area contributed by atoms with Crippen LogP contribution in [0.3, 0.4) is 0 Å². The van der Waals surface area contributed by atoms with Gasteiger partial charge in [0, 0.05) is 0 Å². The average molecular weight is 236 g/mol. The van der Waals surface area contributed by atoms with Gasteiger partial charge in [-0.15, -0.1) is 0 Å². The molecule has 94 valence electrons. The summed E-state index contributed by atoms with van der Waals surface area (Å²) in [5.41, 5.74) is 6.52. The monoisotopic (exact) mass is 236 g/mol. The third kappa shape index (κ3) is 2.84. The lowest BCUT2D eigenvalue weighted by Gasteiger charge is -2.30. The molecule has 0 saturated carbocycles. The predicted molar refractivity (Wildman–Crippen MR) is 66.5 cm³/mol. The molecule has 4 nitrogen and oxygen atoms in total. The highest BCUT2D eigenvalue weighted by atomic mass is 16.6. The molecule has 1 saturated heterocycles. The molecule has 0 bridgehead atoms. The molecule has 1 aliphatic heterocycles. The molecule has 4 heteroatoms. The minimum Gasteiger partial charge on any atom is -0.376 e. The Hall–Kier alpha value is -0.940. The zero-order valence-electron chi connectivity index (χ0n) is 10.4. The molecule has 2 unspecified atom stereocenters. The smallest absolute Gasteiger partial charge is 0.102 e. The molecule has 2 atom stereocenters. The fraction of sp³-hybridized carbons (Fsp3) is 0.538. The van der Waals surface area contributed by atoms with Gasteiger partial charge in [0.25, 0.3) is 0 Å². The molecule has 1 heterocycles. The van der Waals surface area contributed by atoms with E-state index in [2.05, 4.69) is 37.5 Å². The summed E-state index contributed by atoms with van der Waals surface area (Å²) in [5, 5.41) is 0. The highest BCUT2D eigenvalue weighted by Gasteiger charge is 2.25. The lowest BCUT2D eigenvalue weighted by atomic mass is 9.98. The number of aryl methyl sites for hydroxylation is 2. The maximum Gasteiger partial charge on any atom is 0.102 e. The summed E-state index contributed by atoms with van der Waals surface area (Å²) >= 11 is 0. The van der Waals surface area contributed by atoms with Gasteiger partial charge in [0.1, 0.15) is 6.10 Å². The summed E-state index contributed by atoms with van der Waals surface area (Å²) in [5.74, 6) is 5.64. The Labute approximate surface area is 102 Å². The van der Waals surface area contributed by atoms with Crippen molar-refractivity contribution in [1.29, 1.82) is 0 Å². The highest BCUT2D eigenvalue weighted by molar-refractivity contribution is 5.32. The highest BCUT2D eigenvalue weighted by Crippen LogP contribution is 2.22. The van der Waals surface area contributed by atoms with Crippen LogP contribution in [0.15, 0.2) is 18.2 Å². The molecule has 3 N–H and O–H groups in total. The van der Waals surface area contributed by atoms with Gasteiger partial charge in [0.2, 0.25) is 0 Å². The van der Waals surface area contributed by atoms with Crippen LogP contribution in [-0.2, 0) is 9.47 Å². The topological polar surface area (TPSA) is 56.5 Å². The zero-order chi connectivity index (χ0) is 12.3. The van der Waals surface area contributed by atoms with E-state index in [1.165, 1.54) is 11.1 Å². The van der Waals surface area contributed by atoms with Crippen molar-refractivity contribution in [3.8, 4) is 0 Å². The largest absolute Gasteiger partial charge is 0.376 e. The summed E-state index contributed by atoms with van der Waals surface area (Å²) in [6, 6.07) is 6.33. The fourth-order valence-electron chi connectivity index (χ4n) is 2.07. The number of nitrogens with two attached hydrogens (primary N) is 1. The van der Waals surface area contributed by atoms with E-state index >= 15 is 0 Å². The molecular weight excluding hydrogens is 216 g/mol. The third-order valence-corrected chi connectivity index (χ3v) is 3.28. The molecule has 1 aromatic carbocycles. The Balaban J connectivity index is 2.18. The molecule has 1 fully saturated rings. The van der Waals surface area contributed by atoms with E-state index in [0.717, 1.165) is 5.56 Å². The number of rotatable bonds is 3. The SMILES string of the molecule is Cc1ccc(C(NN)C2COCCO2)cc1C. The molecule has 1 aromatic rings. The molecule has 0 aliphatic carbocycles. The van der Waals surface area contributed by atoms with Gasteiger partial charge in [-0.1, -0.05) is 18.2 Å². The van der Waals surface area contributed by atoms with E-state index in [4.69, 9.17) is 15.3 Å². The van der Waals surface area contributed by atoms with Gasteiger partial charge in [-0.05, 0) is 30.5 Å². The molecule has 17 heavy (non-hydrogen) atoms. The Morgan fingerprint density at radius 3 is 2.71 bits per heavy atom. The van der Waals surface area contributed by atoms with E-state index < -0.39 is 0 Å². The Morgan fingerprint density at radius 1 is 1.29 bits per heavy atom. The van der Waals surface area contributed by atoms with Crippen LogP contribution in [0.2, 0.25) is 0 Å². The molecule has 0 radical (unpaired) electrons. The Morgan fingerprint density at radius 2 is 2.12 bits per heavy atom. The molecule has 0 amide bonds. The van der Waals surface area contributed by atoms with E-state index in [0.29, 0.717) is 19.8 Å². The van der Waals surface area contributed by atoms with Crippen LogP contribution in [-0.4, -0.2) is 25.9 Å².